The van der Waals surface area contributed by atoms with Gasteiger partial charge in [0.15, 0.2) is 23.0 Å². The van der Waals surface area contributed by atoms with E-state index in [1.165, 1.54) is 12.8 Å². The monoisotopic (exact) mass is 382 g/mol. The smallest absolute Gasteiger partial charge is 0.162 e. The Morgan fingerprint density at radius 3 is 1.89 bits per heavy atom. The minimum absolute atomic E-state index is 0.281. The van der Waals surface area contributed by atoms with E-state index in [1.54, 1.807) is 21.3 Å². The van der Waals surface area contributed by atoms with Crippen LogP contribution in [0.1, 0.15) is 50.2 Å². The highest BCUT2D eigenvalue weighted by atomic mass is 16.5. The number of benzene rings is 2. The van der Waals surface area contributed by atoms with E-state index in [1.807, 2.05) is 18.2 Å². The third-order valence-electron chi connectivity index (χ3n) is 5.17. The zero-order chi connectivity index (χ0) is 19.9. The lowest BCUT2D eigenvalue weighted by atomic mass is 9.96. The molecule has 4 heteroatoms. The fourth-order valence-electron chi connectivity index (χ4n) is 3.73. The molecule has 0 bridgehead atoms. The van der Waals surface area contributed by atoms with Crippen LogP contribution in [0.5, 0.6) is 23.0 Å². The Bertz CT molecular complexity index is 819. The Labute approximate surface area is 168 Å². The maximum absolute atomic E-state index is 6.29. The Hall–Kier alpha value is -2.62. The summed E-state index contributed by atoms with van der Waals surface area (Å²) in [6.07, 6.45) is 8.13. The van der Waals surface area contributed by atoms with Gasteiger partial charge in [-0.2, -0.15) is 0 Å². The second kappa shape index (κ2) is 9.54. The lowest BCUT2D eigenvalue weighted by molar-refractivity contribution is 0.201. The molecule has 150 valence electrons. The van der Waals surface area contributed by atoms with Gasteiger partial charge in [-0.3, -0.25) is 0 Å². The zero-order valence-corrected chi connectivity index (χ0v) is 17.3. The van der Waals surface area contributed by atoms with Gasteiger partial charge in [-0.05, 0) is 73.1 Å². The summed E-state index contributed by atoms with van der Waals surface area (Å²) < 4.78 is 22.7. The summed E-state index contributed by atoms with van der Waals surface area (Å²) in [4.78, 5) is 0. The number of hydrogen-bond acceptors (Lipinski definition) is 4. The van der Waals surface area contributed by atoms with E-state index in [4.69, 9.17) is 18.9 Å². The standard InChI is InChI=1S/C24H30O4/c1-5-8-20(17-11-13-21(25-2)23(15-17)27-4)18-12-14-22(26-3)24(16-18)28-19-9-6-7-10-19/h8,11-16,19H,5-7,9-10H2,1-4H3. The van der Waals surface area contributed by atoms with Crippen LogP contribution >= 0.6 is 0 Å². The van der Waals surface area contributed by atoms with Crippen molar-refractivity contribution in [1.82, 2.24) is 0 Å². The van der Waals surface area contributed by atoms with Crippen molar-refractivity contribution in [2.75, 3.05) is 21.3 Å². The molecular weight excluding hydrogens is 352 g/mol. The number of hydrogen-bond donors (Lipinski definition) is 0. The highest BCUT2D eigenvalue weighted by Gasteiger charge is 2.19. The van der Waals surface area contributed by atoms with Crippen LogP contribution in [-0.2, 0) is 0 Å². The number of allylic oxidation sites excluding steroid dienone is 1. The Morgan fingerprint density at radius 1 is 0.821 bits per heavy atom. The van der Waals surface area contributed by atoms with Crippen LogP contribution in [0.4, 0.5) is 0 Å². The van der Waals surface area contributed by atoms with E-state index in [9.17, 15) is 0 Å². The fourth-order valence-corrected chi connectivity index (χ4v) is 3.73. The molecule has 0 saturated heterocycles. The van der Waals surface area contributed by atoms with Crippen molar-refractivity contribution in [3.63, 3.8) is 0 Å². The average Bonchev–Trinajstić information content (AvgIpc) is 3.24. The average molecular weight is 383 g/mol. The minimum atomic E-state index is 0.281. The molecule has 2 aromatic carbocycles. The van der Waals surface area contributed by atoms with Gasteiger partial charge in [0.05, 0.1) is 27.4 Å². The predicted molar refractivity (Wildman–Crippen MR) is 113 cm³/mol. The number of ether oxygens (including phenoxy) is 4. The van der Waals surface area contributed by atoms with Crippen molar-refractivity contribution < 1.29 is 18.9 Å². The highest BCUT2D eigenvalue weighted by Crippen LogP contribution is 2.37. The largest absolute Gasteiger partial charge is 0.493 e. The SMILES string of the molecule is CCC=C(c1ccc(OC)c(OC)c1)c1ccc(OC)c(OC2CCCC2)c1. The van der Waals surface area contributed by atoms with Crippen LogP contribution in [0.2, 0.25) is 0 Å². The number of methoxy groups -OCH3 is 3. The van der Waals surface area contributed by atoms with Crippen LogP contribution < -0.4 is 18.9 Å². The maximum atomic E-state index is 6.29. The second-order valence-corrected chi connectivity index (χ2v) is 6.99. The maximum Gasteiger partial charge on any atom is 0.162 e. The quantitative estimate of drug-likeness (QED) is 0.572. The molecule has 0 atom stereocenters. The van der Waals surface area contributed by atoms with Gasteiger partial charge in [0.2, 0.25) is 0 Å². The molecule has 0 heterocycles. The predicted octanol–water partition coefficient (Wildman–Crippen LogP) is 5.88. The first-order valence-corrected chi connectivity index (χ1v) is 9.97. The first-order valence-electron chi connectivity index (χ1n) is 9.97. The molecule has 1 fully saturated rings. The summed E-state index contributed by atoms with van der Waals surface area (Å²) in [5.41, 5.74) is 3.32. The topological polar surface area (TPSA) is 36.9 Å². The molecule has 4 nitrogen and oxygen atoms in total. The normalized spacial score (nSPS) is 14.8. The molecule has 3 rings (SSSR count). The second-order valence-electron chi connectivity index (χ2n) is 6.99. The summed E-state index contributed by atoms with van der Waals surface area (Å²) in [5, 5.41) is 0. The van der Waals surface area contributed by atoms with Crippen molar-refractivity contribution in [1.29, 1.82) is 0 Å². The third kappa shape index (κ3) is 4.44. The third-order valence-corrected chi connectivity index (χ3v) is 5.17. The van der Waals surface area contributed by atoms with Gasteiger partial charge in [0.25, 0.3) is 0 Å². The summed E-state index contributed by atoms with van der Waals surface area (Å²) in [6, 6.07) is 12.2. The molecule has 2 aromatic rings. The molecule has 0 spiro atoms. The van der Waals surface area contributed by atoms with Crippen molar-refractivity contribution in [3.05, 3.63) is 53.6 Å². The van der Waals surface area contributed by atoms with E-state index >= 15 is 0 Å². The van der Waals surface area contributed by atoms with Crippen LogP contribution in [0.15, 0.2) is 42.5 Å². The molecule has 28 heavy (non-hydrogen) atoms. The highest BCUT2D eigenvalue weighted by molar-refractivity contribution is 5.82. The van der Waals surface area contributed by atoms with Gasteiger partial charge in [0, 0.05) is 0 Å². The van der Waals surface area contributed by atoms with Crippen LogP contribution in [0.25, 0.3) is 5.57 Å². The van der Waals surface area contributed by atoms with Gasteiger partial charge in [0.1, 0.15) is 0 Å². The van der Waals surface area contributed by atoms with Gasteiger partial charge in [-0.25, -0.2) is 0 Å². The van der Waals surface area contributed by atoms with Crippen molar-refractivity contribution in [3.8, 4) is 23.0 Å². The van der Waals surface area contributed by atoms with Gasteiger partial charge >= 0.3 is 0 Å². The molecule has 0 unspecified atom stereocenters. The van der Waals surface area contributed by atoms with E-state index < -0.39 is 0 Å². The molecule has 0 radical (unpaired) electrons. The van der Waals surface area contributed by atoms with Crippen molar-refractivity contribution in [2.24, 2.45) is 0 Å². The first-order chi connectivity index (χ1) is 13.7. The summed E-state index contributed by atoms with van der Waals surface area (Å²) in [7, 11) is 5.00. The molecule has 0 amide bonds. The van der Waals surface area contributed by atoms with Crippen LogP contribution in [0.3, 0.4) is 0 Å². The summed E-state index contributed by atoms with van der Waals surface area (Å²) >= 11 is 0. The minimum Gasteiger partial charge on any atom is -0.493 e. The molecule has 1 saturated carbocycles. The number of rotatable bonds is 8. The van der Waals surface area contributed by atoms with Crippen LogP contribution in [-0.4, -0.2) is 27.4 Å². The van der Waals surface area contributed by atoms with E-state index in [0.29, 0.717) is 0 Å². The van der Waals surface area contributed by atoms with Gasteiger partial charge < -0.3 is 18.9 Å². The molecule has 0 N–H and O–H groups in total. The van der Waals surface area contributed by atoms with Gasteiger partial charge in [-0.15, -0.1) is 0 Å². The fraction of sp³-hybridized carbons (Fsp3) is 0.417. The van der Waals surface area contributed by atoms with Crippen molar-refractivity contribution >= 4 is 5.57 Å². The molecule has 0 aromatic heterocycles. The molecule has 1 aliphatic rings. The van der Waals surface area contributed by atoms with Crippen molar-refractivity contribution in [2.45, 2.75) is 45.1 Å². The van der Waals surface area contributed by atoms with Gasteiger partial charge in [-0.1, -0.05) is 25.1 Å². The van der Waals surface area contributed by atoms with E-state index in [2.05, 4.69) is 31.2 Å². The Balaban J connectivity index is 1.99. The lowest BCUT2D eigenvalue weighted by Gasteiger charge is -2.18. The zero-order valence-electron chi connectivity index (χ0n) is 17.3. The summed E-state index contributed by atoms with van der Waals surface area (Å²) in [6.45, 7) is 2.14. The summed E-state index contributed by atoms with van der Waals surface area (Å²) in [5.74, 6) is 3.04. The first kappa shape index (κ1) is 20.1. The molecular formula is C24H30O4. The van der Waals surface area contributed by atoms with E-state index in [0.717, 1.165) is 59.0 Å². The Morgan fingerprint density at radius 2 is 1.36 bits per heavy atom. The van der Waals surface area contributed by atoms with Crippen LogP contribution in [0, 0.1) is 0 Å². The Kier molecular flexibility index (Phi) is 6.85. The lowest BCUT2D eigenvalue weighted by Crippen LogP contribution is -2.11. The van der Waals surface area contributed by atoms with E-state index in [-0.39, 0.29) is 6.10 Å². The molecule has 0 aliphatic heterocycles. The molecule has 1 aliphatic carbocycles.